The van der Waals surface area contributed by atoms with Gasteiger partial charge >= 0.3 is 0 Å². The van der Waals surface area contributed by atoms with Gasteiger partial charge in [0, 0.05) is 21.5 Å². The molecule has 1 aromatic heterocycles. The molecule has 0 saturated carbocycles. The van der Waals surface area contributed by atoms with Crippen LogP contribution in [0, 0.1) is 0 Å². The van der Waals surface area contributed by atoms with Crippen molar-refractivity contribution in [2.24, 2.45) is 0 Å². The Bertz CT molecular complexity index is 621. The average Bonchev–Trinajstić information content (AvgIpc) is 2.26. The lowest BCUT2D eigenvalue weighted by Crippen LogP contribution is -2.15. The molecule has 0 radical (unpaired) electrons. The van der Waals surface area contributed by atoms with Crippen molar-refractivity contribution < 1.29 is 0 Å². The number of hydrogen-bond donors (Lipinski definition) is 1. The van der Waals surface area contributed by atoms with Gasteiger partial charge in [-0.2, -0.15) is 0 Å². The summed E-state index contributed by atoms with van der Waals surface area (Å²) >= 11 is 9.61. The third-order valence-corrected chi connectivity index (χ3v) is 3.49. The normalized spacial score (nSPS) is 11.6. The van der Waals surface area contributed by atoms with Crippen LogP contribution >= 0.6 is 27.5 Å². The van der Waals surface area contributed by atoms with E-state index in [2.05, 4.69) is 46.7 Å². The molecule has 0 aliphatic heterocycles. The molecule has 0 amide bonds. The van der Waals surface area contributed by atoms with Crippen LogP contribution in [0.4, 0.5) is 5.82 Å². The minimum Gasteiger partial charge on any atom is -0.384 e. The quantitative estimate of drug-likeness (QED) is 0.835. The van der Waals surface area contributed by atoms with Gasteiger partial charge < -0.3 is 5.73 Å². The van der Waals surface area contributed by atoms with Gasteiger partial charge in [-0.1, -0.05) is 48.3 Å². The standard InChI is InChI=1S/C14H15BrClN3/c1-14(2,3)11-7-12(17)19-13(18-11)9-5-4-8(15)6-10(9)16/h4-7H,1-3H3,(H2,17,18,19). The highest BCUT2D eigenvalue weighted by Crippen LogP contribution is 2.30. The predicted molar refractivity (Wildman–Crippen MR) is 83.3 cm³/mol. The van der Waals surface area contributed by atoms with E-state index < -0.39 is 0 Å². The smallest absolute Gasteiger partial charge is 0.163 e. The van der Waals surface area contributed by atoms with Crippen LogP contribution in [-0.4, -0.2) is 9.97 Å². The van der Waals surface area contributed by atoms with E-state index in [-0.39, 0.29) is 5.41 Å². The van der Waals surface area contributed by atoms with Crippen LogP contribution in [0.25, 0.3) is 11.4 Å². The van der Waals surface area contributed by atoms with Crippen LogP contribution in [0.1, 0.15) is 26.5 Å². The van der Waals surface area contributed by atoms with Gasteiger partial charge in [0.1, 0.15) is 5.82 Å². The molecule has 100 valence electrons. The number of aromatic nitrogens is 2. The van der Waals surface area contributed by atoms with Gasteiger partial charge in [-0.15, -0.1) is 0 Å². The molecule has 2 rings (SSSR count). The number of nitrogens with zero attached hydrogens (tertiary/aromatic N) is 2. The van der Waals surface area contributed by atoms with Crippen molar-refractivity contribution in [3.05, 3.63) is 39.5 Å². The van der Waals surface area contributed by atoms with E-state index in [1.54, 1.807) is 6.07 Å². The lowest BCUT2D eigenvalue weighted by atomic mass is 9.92. The van der Waals surface area contributed by atoms with Crippen LogP contribution in [0.5, 0.6) is 0 Å². The molecule has 0 aliphatic carbocycles. The lowest BCUT2D eigenvalue weighted by Gasteiger charge is -2.19. The molecule has 0 saturated heterocycles. The van der Waals surface area contributed by atoms with Gasteiger partial charge in [-0.3, -0.25) is 0 Å². The molecule has 1 heterocycles. The summed E-state index contributed by atoms with van der Waals surface area (Å²) < 4.78 is 0.918. The molecule has 0 aliphatic rings. The Kier molecular flexibility index (Phi) is 3.83. The molecule has 3 nitrogen and oxygen atoms in total. The monoisotopic (exact) mass is 339 g/mol. The Morgan fingerprint density at radius 1 is 1.16 bits per heavy atom. The van der Waals surface area contributed by atoms with Crippen LogP contribution in [0.3, 0.4) is 0 Å². The molecule has 0 bridgehead atoms. The Morgan fingerprint density at radius 2 is 1.84 bits per heavy atom. The lowest BCUT2D eigenvalue weighted by molar-refractivity contribution is 0.568. The van der Waals surface area contributed by atoms with Crippen molar-refractivity contribution in [2.75, 3.05) is 5.73 Å². The Balaban J connectivity index is 2.59. The summed E-state index contributed by atoms with van der Waals surface area (Å²) in [6, 6.07) is 7.41. The number of hydrogen-bond acceptors (Lipinski definition) is 3. The van der Waals surface area contributed by atoms with E-state index in [1.165, 1.54) is 0 Å². The SMILES string of the molecule is CC(C)(C)c1cc(N)nc(-c2ccc(Br)cc2Cl)n1. The van der Waals surface area contributed by atoms with E-state index in [4.69, 9.17) is 17.3 Å². The number of rotatable bonds is 1. The van der Waals surface area contributed by atoms with Gasteiger partial charge in [0.15, 0.2) is 5.82 Å². The first kappa shape index (κ1) is 14.3. The largest absolute Gasteiger partial charge is 0.384 e. The fourth-order valence-electron chi connectivity index (χ4n) is 1.64. The highest BCUT2D eigenvalue weighted by atomic mass is 79.9. The molecule has 2 N–H and O–H groups in total. The van der Waals surface area contributed by atoms with Gasteiger partial charge in [-0.25, -0.2) is 9.97 Å². The number of benzene rings is 1. The maximum Gasteiger partial charge on any atom is 0.163 e. The van der Waals surface area contributed by atoms with E-state index in [1.807, 2.05) is 18.2 Å². The first-order chi connectivity index (χ1) is 8.77. The van der Waals surface area contributed by atoms with Gasteiger partial charge in [0.05, 0.1) is 10.7 Å². The number of nitrogen functional groups attached to an aromatic ring is 1. The topological polar surface area (TPSA) is 51.8 Å². The van der Waals surface area contributed by atoms with Gasteiger partial charge in [0.2, 0.25) is 0 Å². The second kappa shape index (κ2) is 5.10. The minimum atomic E-state index is -0.0896. The summed E-state index contributed by atoms with van der Waals surface area (Å²) in [5.41, 5.74) is 7.46. The summed E-state index contributed by atoms with van der Waals surface area (Å²) in [6.07, 6.45) is 0. The molecule has 19 heavy (non-hydrogen) atoms. The molecule has 0 fully saturated rings. The summed E-state index contributed by atoms with van der Waals surface area (Å²) in [6.45, 7) is 6.26. The zero-order chi connectivity index (χ0) is 14.2. The van der Waals surface area contributed by atoms with E-state index in [9.17, 15) is 0 Å². The third-order valence-electron chi connectivity index (χ3n) is 2.69. The second-order valence-electron chi connectivity index (χ2n) is 5.38. The first-order valence-corrected chi connectivity index (χ1v) is 7.05. The summed E-state index contributed by atoms with van der Waals surface area (Å²) in [5.74, 6) is 1.01. The Morgan fingerprint density at radius 3 is 2.42 bits per heavy atom. The molecule has 5 heteroatoms. The fourth-order valence-corrected chi connectivity index (χ4v) is 2.40. The maximum absolute atomic E-state index is 6.23. The van der Waals surface area contributed by atoms with Gasteiger partial charge in [-0.05, 0) is 18.2 Å². The molecule has 0 spiro atoms. The van der Waals surface area contributed by atoms with Gasteiger partial charge in [0.25, 0.3) is 0 Å². The zero-order valence-corrected chi connectivity index (χ0v) is 13.4. The number of anilines is 1. The van der Waals surface area contributed by atoms with Crippen molar-refractivity contribution in [3.8, 4) is 11.4 Å². The highest BCUT2D eigenvalue weighted by molar-refractivity contribution is 9.10. The van der Waals surface area contributed by atoms with Crippen LogP contribution in [0.2, 0.25) is 5.02 Å². The fraction of sp³-hybridized carbons (Fsp3) is 0.286. The summed E-state index contributed by atoms with van der Waals surface area (Å²) in [4.78, 5) is 8.85. The van der Waals surface area contributed by atoms with Crippen molar-refractivity contribution in [1.29, 1.82) is 0 Å². The molecule has 2 aromatic rings. The Hall–Kier alpha value is -1.13. The molecule has 0 atom stereocenters. The molecule has 1 aromatic carbocycles. The predicted octanol–water partition coefficient (Wildman–Crippen LogP) is 4.44. The van der Waals surface area contributed by atoms with Crippen molar-refractivity contribution in [1.82, 2.24) is 9.97 Å². The number of halogens is 2. The third kappa shape index (κ3) is 3.25. The molecule has 0 unspecified atom stereocenters. The highest BCUT2D eigenvalue weighted by Gasteiger charge is 2.18. The van der Waals surface area contributed by atoms with Crippen LogP contribution in [-0.2, 0) is 5.41 Å². The minimum absolute atomic E-state index is 0.0896. The zero-order valence-electron chi connectivity index (χ0n) is 11.0. The maximum atomic E-state index is 6.23. The van der Waals surface area contributed by atoms with Crippen molar-refractivity contribution in [2.45, 2.75) is 26.2 Å². The second-order valence-corrected chi connectivity index (χ2v) is 6.70. The van der Waals surface area contributed by atoms with Crippen molar-refractivity contribution in [3.63, 3.8) is 0 Å². The number of nitrogens with two attached hydrogens (primary N) is 1. The molecular formula is C14H15BrClN3. The summed E-state index contributed by atoms with van der Waals surface area (Å²) in [5, 5.41) is 0.597. The van der Waals surface area contributed by atoms with E-state index in [0.29, 0.717) is 16.7 Å². The first-order valence-electron chi connectivity index (χ1n) is 5.88. The molecular weight excluding hydrogens is 326 g/mol. The van der Waals surface area contributed by atoms with Crippen LogP contribution in [0.15, 0.2) is 28.7 Å². The van der Waals surface area contributed by atoms with Crippen LogP contribution < -0.4 is 5.73 Å². The summed E-state index contributed by atoms with van der Waals surface area (Å²) in [7, 11) is 0. The van der Waals surface area contributed by atoms with E-state index >= 15 is 0 Å². The van der Waals surface area contributed by atoms with Crippen molar-refractivity contribution >= 4 is 33.3 Å². The van der Waals surface area contributed by atoms with E-state index in [0.717, 1.165) is 15.7 Å². The Labute approximate surface area is 126 Å². The average molecular weight is 341 g/mol.